The first-order chi connectivity index (χ1) is 17.7. The van der Waals surface area contributed by atoms with Gasteiger partial charge in [0.05, 0.1) is 6.10 Å². The number of nitrogens with one attached hydrogen (secondary N) is 1. The summed E-state index contributed by atoms with van der Waals surface area (Å²) >= 11 is 0. The summed E-state index contributed by atoms with van der Waals surface area (Å²) in [6.45, 7) is 17.5. The molecule has 37 heavy (non-hydrogen) atoms. The molecule has 6 heteroatoms. The van der Waals surface area contributed by atoms with Crippen molar-refractivity contribution in [1.29, 1.82) is 0 Å². The van der Waals surface area contributed by atoms with Crippen LogP contribution >= 0.6 is 0 Å². The molecule has 0 saturated heterocycles. The number of allylic oxidation sites excluding steroid dienone is 4. The van der Waals surface area contributed by atoms with Crippen molar-refractivity contribution in [3.63, 3.8) is 0 Å². The van der Waals surface area contributed by atoms with Crippen LogP contribution in [-0.4, -0.2) is 77.7 Å². The van der Waals surface area contributed by atoms with Crippen LogP contribution in [-0.2, 0) is 0 Å². The van der Waals surface area contributed by atoms with E-state index in [1.807, 2.05) is 13.0 Å². The van der Waals surface area contributed by atoms with E-state index in [4.69, 9.17) is 5.73 Å². The van der Waals surface area contributed by atoms with Crippen LogP contribution in [0.25, 0.3) is 0 Å². The molecule has 5 N–H and O–H groups in total. The van der Waals surface area contributed by atoms with Gasteiger partial charge in [0, 0.05) is 50.9 Å². The normalized spacial score (nSPS) is 28.5. The molecule has 0 amide bonds. The van der Waals surface area contributed by atoms with Crippen LogP contribution in [0.2, 0.25) is 0 Å². The molecule has 210 valence electrons. The van der Waals surface area contributed by atoms with Crippen molar-refractivity contribution in [1.82, 2.24) is 15.1 Å². The summed E-state index contributed by atoms with van der Waals surface area (Å²) in [5.74, 6) is 0.483. The van der Waals surface area contributed by atoms with Gasteiger partial charge >= 0.3 is 0 Å². The minimum Gasteiger partial charge on any atom is -0.390 e. The second kappa shape index (κ2) is 16.3. The Bertz CT molecular complexity index is 814. The standard InChI is InChI=1S/C31H54N4O2/c1-6-9-12-28-17-20-34(22-27(28)8-3)23-30(36)24-35-19-11-10-13-29(15-14-25(4)31(35,5)37)33-21-26(7-2)16-18-32/h8-9,12-15,25-26,30,33,36-37H,3,6-7,10-11,16-24,32H2,1-2,4-5H3/b12-9-,15-14-,29-13+. The molecular formula is C31H54N4O2. The van der Waals surface area contributed by atoms with Crippen molar-refractivity contribution < 1.29 is 10.2 Å². The number of rotatable bonds is 13. The van der Waals surface area contributed by atoms with Crippen LogP contribution in [0.1, 0.15) is 66.2 Å². The maximum absolute atomic E-state index is 11.6. The van der Waals surface area contributed by atoms with Crippen LogP contribution in [0.3, 0.4) is 0 Å². The van der Waals surface area contributed by atoms with Crippen molar-refractivity contribution in [3.8, 4) is 0 Å². The molecule has 0 bridgehead atoms. The zero-order chi connectivity index (χ0) is 27.3. The summed E-state index contributed by atoms with van der Waals surface area (Å²) in [5.41, 5.74) is 8.44. The fraction of sp³-hybridized carbons (Fsp3) is 0.677. The van der Waals surface area contributed by atoms with Crippen LogP contribution in [0.5, 0.6) is 0 Å². The van der Waals surface area contributed by atoms with Gasteiger partial charge in [-0.2, -0.15) is 0 Å². The number of nitrogens with two attached hydrogens (primary N) is 1. The summed E-state index contributed by atoms with van der Waals surface area (Å²) in [5, 5.41) is 26.2. The number of hydrogen-bond acceptors (Lipinski definition) is 6. The lowest BCUT2D eigenvalue weighted by atomic mass is 9.94. The zero-order valence-corrected chi connectivity index (χ0v) is 24.0. The van der Waals surface area contributed by atoms with Gasteiger partial charge in [0.2, 0.25) is 0 Å². The number of hydrogen-bond donors (Lipinski definition) is 4. The van der Waals surface area contributed by atoms with Crippen LogP contribution in [0.4, 0.5) is 0 Å². The van der Waals surface area contributed by atoms with E-state index in [9.17, 15) is 10.2 Å². The van der Waals surface area contributed by atoms with E-state index in [-0.39, 0.29) is 5.92 Å². The fourth-order valence-electron chi connectivity index (χ4n) is 5.18. The van der Waals surface area contributed by atoms with Gasteiger partial charge in [-0.05, 0) is 68.7 Å². The predicted molar refractivity (Wildman–Crippen MR) is 157 cm³/mol. The van der Waals surface area contributed by atoms with Gasteiger partial charge in [0.15, 0.2) is 0 Å². The van der Waals surface area contributed by atoms with Crippen LogP contribution in [0, 0.1) is 11.8 Å². The second-order valence-corrected chi connectivity index (χ2v) is 10.9. The quantitative estimate of drug-likeness (QED) is 0.293. The molecule has 2 rings (SSSR count). The zero-order valence-electron chi connectivity index (χ0n) is 24.0. The summed E-state index contributed by atoms with van der Waals surface area (Å²) in [6, 6.07) is 0. The highest BCUT2D eigenvalue weighted by molar-refractivity contribution is 5.35. The first kappa shape index (κ1) is 31.5. The smallest absolute Gasteiger partial charge is 0.121 e. The summed E-state index contributed by atoms with van der Waals surface area (Å²) < 4.78 is 0. The molecule has 0 saturated carbocycles. The predicted octanol–water partition coefficient (Wildman–Crippen LogP) is 4.35. The molecule has 2 aliphatic heterocycles. The summed E-state index contributed by atoms with van der Waals surface area (Å²) in [4.78, 5) is 4.37. The third-order valence-electron chi connectivity index (χ3n) is 8.02. The van der Waals surface area contributed by atoms with E-state index in [1.54, 1.807) is 0 Å². The summed E-state index contributed by atoms with van der Waals surface area (Å²) in [6.07, 6.45) is 18.3. The van der Waals surface area contributed by atoms with E-state index in [0.29, 0.717) is 19.0 Å². The highest BCUT2D eigenvalue weighted by Gasteiger charge is 2.35. The van der Waals surface area contributed by atoms with E-state index >= 15 is 0 Å². The molecule has 4 unspecified atom stereocenters. The SMILES string of the molecule is C=CC1=C(/C=C\CC)CCN(CC(O)CN2CCC/C=C(NCC(CC)CCN)\C=C/C(C)C2(C)O)C1. The first-order valence-corrected chi connectivity index (χ1v) is 14.5. The highest BCUT2D eigenvalue weighted by Crippen LogP contribution is 2.26. The molecule has 0 aliphatic carbocycles. The molecule has 4 atom stereocenters. The third-order valence-corrected chi connectivity index (χ3v) is 8.02. The van der Waals surface area contributed by atoms with Gasteiger partial charge in [-0.1, -0.05) is 64.2 Å². The van der Waals surface area contributed by atoms with Gasteiger partial charge in [-0.15, -0.1) is 0 Å². The lowest BCUT2D eigenvalue weighted by Crippen LogP contribution is -2.55. The Labute approximate surface area is 226 Å². The molecule has 0 aromatic heterocycles. The lowest BCUT2D eigenvalue weighted by molar-refractivity contribution is -0.132. The lowest BCUT2D eigenvalue weighted by Gasteiger charge is -2.42. The Hall–Kier alpha value is -1.70. The van der Waals surface area contributed by atoms with Crippen molar-refractivity contribution in [2.75, 3.05) is 45.8 Å². The Morgan fingerprint density at radius 2 is 2.05 bits per heavy atom. The average Bonchev–Trinajstić information content (AvgIpc) is 2.88. The molecule has 0 fully saturated rings. The van der Waals surface area contributed by atoms with Crippen LogP contribution in [0.15, 0.2) is 59.9 Å². The summed E-state index contributed by atoms with van der Waals surface area (Å²) in [7, 11) is 0. The van der Waals surface area contributed by atoms with Crippen molar-refractivity contribution in [2.24, 2.45) is 17.6 Å². The minimum atomic E-state index is -1.04. The van der Waals surface area contributed by atoms with Crippen molar-refractivity contribution >= 4 is 0 Å². The third kappa shape index (κ3) is 10.2. The molecule has 2 heterocycles. The number of aliphatic hydroxyl groups excluding tert-OH is 1. The van der Waals surface area contributed by atoms with Crippen LogP contribution < -0.4 is 11.1 Å². The van der Waals surface area contributed by atoms with E-state index in [2.05, 4.69) is 72.8 Å². The Balaban J connectivity index is 1.99. The average molecular weight is 515 g/mol. The topological polar surface area (TPSA) is 85.0 Å². The maximum Gasteiger partial charge on any atom is 0.121 e. The van der Waals surface area contributed by atoms with Gasteiger partial charge in [-0.25, -0.2) is 0 Å². The number of aliphatic hydroxyl groups is 2. The number of nitrogens with zero attached hydrogens (tertiary/aromatic N) is 2. The van der Waals surface area contributed by atoms with Crippen molar-refractivity contribution in [3.05, 3.63) is 59.9 Å². The molecular weight excluding hydrogens is 460 g/mol. The monoisotopic (exact) mass is 514 g/mol. The first-order valence-electron chi connectivity index (χ1n) is 14.5. The molecule has 6 nitrogen and oxygen atoms in total. The Morgan fingerprint density at radius 1 is 1.27 bits per heavy atom. The molecule has 0 radical (unpaired) electrons. The second-order valence-electron chi connectivity index (χ2n) is 10.9. The maximum atomic E-state index is 11.6. The van der Waals surface area contributed by atoms with E-state index < -0.39 is 11.8 Å². The molecule has 0 spiro atoms. The largest absolute Gasteiger partial charge is 0.390 e. The number of β-amino-alcohol motifs (C(OH)–C–C–N with tert-alkyl or cyclic N) is 1. The Kier molecular flexibility index (Phi) is 13.9. The van der Waals surface area contributed by atoms with Gasteiger partial charge < -0.3 is 21.3 Å². The molecule has 0 aromatic rings. The molecule has 0 aromatic carbocycles. The highest BCUT2D eigenvalue weighted by atomic mass is 16.3. The minimum absolute atomic E-state index is 0.0905. The van der Waals surface area contributed by atoms with Gasteiger partial charge in [0.25, 0.3) is 0 Å². The van der Waals surface area contributed by atoms with E-state index in [1.165, 1.54) is 11.1 Å². The van der Waals surface area contributed by atoms with Gasteiger partial charge in [-0.3, -0.25) is 9.80 Å². The Morgan fingerprint density at radius 3 is 2.73 bits per heavy atom. The fourth-order valence-corrected chi connectivity index (χ4v) is 5.18. The van der Waals surface area contributed by atoms with Crippen molar-refractivity contribution in [2.45, 2.75) is 78.0 Å². The molecule has 2 aliphatic rings. The van der Waals surface area contributed by atoms with Gasteiger partial charge in [0.1, 0.15) is 5.72 Å². The van der Waals surface area contributed by atoms with E-state index in [0.717, 1.165) is 76.9 Å².